The number of carbonyl (C=O) groups is 2. The minimum absolute atomic E-state index is 0.313. The molecular weight excluding hydrogens is 366 g/mol. The average Bonchev–Trinajstić information content (AvgIpc) is 2.99. The van der Waals surface area contributed by atoms with Crippen LogP contribution in [-0.4, -0.2) is 46.8 Å². The van der Waals surface area contributed by atoms with Gasteiger partial charge in [-0.1, -0.05) is 26.0 Å². The molecule has 0 aliphatic carbocycles. The van der Waals surface area contributed by atoms with Crippen LogP contribution in [-0.2, 0) is 4.79 Å². The molecule has 0 spiro atoms. The fourth-order valence-electron chi connectivity index (χ4n) is 3.27. The number of carbonyl (C=O) groups excluding carboxylic acids is 2. The lowest BCUT2D eigenvalue weighted by Crippen LogP contribution is -2.43. The molecule has 1 saturated heterocycles. The van der Waals surface area contributed by atoms with Crippen molar-refractivity contribution >= 4 is 22.7 Å². The number of hydrogen-bond donors (Lipinski definition) is 1. The number of alkyl halides is 2. The number of nitriles is 1. The predicted molar refractivity (Wildman–Crippen MR) is 98.8 cm³/mol. The number of nitrogens with zero attached hydrogens (tertiary/aromatic N) is 3. The SMILES string of the molecule is CC(C)c1ccc2c(C(=O)NCC(=O)N3CC(F)(F)C[C@@H]3C#N)ccnc2c1. The van der Waals surface area contributed by atoms with E-state index in [1.54, 1.807) is 18.2 Å². The van der Waals surface area contributed by atoms with Gasteiger partial charge in [-0.2, -0.15) is 5.26 Å². The Bertz CT molecular complexity index is 968. The molecule has 1 aliphatic heterocycles. The largest absolute Gasteiger partial charge is 0.343 e. The molecule has 0 saturated carbocycles. The van der Waals surface area contributed by atoms with Crippen molar-refractivity contribution < 1.29 is 18.4 Å². The first kappa shape index (κ1) is 19.7. The van der Waals surface area contributed by atoms with Gasteiger partial charge in [0.25, 0.3) is 11.8 Å². The van der Waals surface area contributed by atoms with E-state index in [4.69, 9.17) is 5.26 Å². The van der Waals surface area contributed by atoms with Crippen LogP contribution in [0.5, 0.6) is 0 Å². The van der Waals surface area contributed by atoms with Crippen molar-refractivity contribution in [3.8, 4) is 6.07 Å². The van der Waals surface area contributed by atoms with Crippen LogP contribution < -0.4 is 5.32 Å². The van der Waals surface area contributed by atoms with Gasteiger partial charge >= 0.3 is 0 Å². The van der Waals surface area contributed by atoms with E-state index in [1.165, 1.54) is 6.20 Å². The fourth-order valence-corrected chi connectivity index (χ4v) is 3.27. The van der Waals surface area contributed by atoms with Gasteiger partial charge in [-0.25, -0.2) is 8.78 Å². The number of likely N-dealkylation sites (tertiary alicyclic amines) is 1. The van der Waals surface area contributed by atoms with Crippen LogP contribution >= 0.6 is 0 Å². The van der Waals surface area contributed by atoms with Gasteiger partial charge in [0.05, 0.1) is 30.2 Å². The number of nitrogens with one attached hydrogen (secondary N) is 1. The summed E-state index contributed by atoms with van der Waals surface area (Å²) in [6.07, 6.45) is 0.826. The minimum Gasteiger partial charge on any atom is -0.343 e. The van der Waals surface area contributed by atoms with Gasteiger partial charge in [0, 0.05) is 18.0 Å². The fraction of sp³-hybridized carbons (Fsp3) is 0.400. The van der Waals surface area contributed by atoms with Crippen LogP contribution in [0.1, 0.15) is 42.1 Å². The Kier molecular flexibility index (Phi) is 5.27. The zero-order chi connectivity index (χ0) is 20.5. The molecule has 0 bridgehead atoms. The van der Waals surface area contributed by atoms with E-state index in [9.17, 15) is 18.4 Å². The maximum Gasteiger partial charge on any atom is 0.268 e. The van der Waals surface area contributed by atoms with E-state index >= 15 is 0 Å². The summed E-state index contributed by atoms with van der Waals surface area (Å²) >= 11 is 0. The molecule has 1 aliphatic rings. The molecule has 28 heavy (non-hydrogen) atoms. The topological polar surface area (TPSA) is 86.1 Å². The van der Waals surface area contributed by atoms with Gasteiger partial charge in [0.15, 0.2) is 0 Å². The number of halogens is 2. The smallest absolute Gasteiger partial charge is 0.268 e. The maximum atomic E-state index is 13.5. The summed E-state index contributed by atoms with van der Waals surface area (Å²) in [7, 11) is 0. The molecule has 2 aromatic rings. The van der Waals surface area contributed by atoms with Crippen LogP contribution in [0.25, 0.3) is 10.9 Å². The van der Waals surface area contributed by atoms with Crippen molar-refractivity contribution in [2.75, 3.05) is 13.1 Å². The van der Waals surface area contributed by atoms with Crippen LogP contribution in [0.3, 0.4) is 0 Å². The molecule has 0 radical (unpaired) electrons. The minimum atomic E-state index is -3.09. The molecule has 1 atom stereocenters. The second-order valence-corrected chi connectivity index (χ2v) is 7.20. The van der Waals surface area contributed by atoms with E-state index in [0.717, 1.165) is 10.5 Å². The highest BCUT2D eigenvalue weighted by molar-refractivity contribution is 6.07. The number of benzene rings is 1. The highest BCUT2D eigenvalue weighted by Gasteiger charge is 2.47. The lowest BCUT2D eigenvalue weighted by molar-refractivity contribution is -0.131. The zero-order valence-corrected chi connectivity index (χ0v) is 15.6. The number of amides is 2. The second kappa shape index (κ2) is 7.50. The lowest BCUT2D eigenvalue weighted by Gasteiger charge is -2.19. The third kappa shape index (κ3) is 3.93. The molecule has 1 aromatic carbocycles. The van der Waals surface area contributed by atoms with Crippen molar-refractivity contribution in [3.63, 3.8) is 0 Å². The standard InChI is InChI=1S/C20H20F2N4O2/c1-12(2)13-3-4-15-16(5-6-24-17(15)7-13)19(28)25-10-18(27)26-11-20(21,22)8-14(26)9-23/h3-7,12,14H,8,10-11H2,1-2H3,(H,25,28)/t14-/m1/s1. The van der Waals surface area contributed by atoms with Gasteiger partial charge < -0.3 is 10.2 Å². The molecule has 6 nitrogen and oxygen atoms in total. The van der Waals surface area contributed by atoms with Crippen LogP contribution in [0.4, 0.5) is 8.78 Å². The summed E-state index contributed by atoms with van der Waals surface area (Å²) in [6.45, 7) is 2.84. The van der Waals surface area contributed by atoms with E-state index in [1.807, 2.05) is 12.1 Å². The first-order chi connectivity index (χ1) is 13.2. The van der Waals surface area contributed by atoms with E-state index in [2.05, 4.69) is 24.1 Å². The number of fused-ring (bicyclic) bond motifs is 1. The monoisotopic (exact) mass is 386 g/mol. The third-order valence-corrected chi connectivity index (χ3v) is 4.82. The Labute approximate surface area is 161 Å². The summed E-state index contributed by atoms with van der Waals surface area (Å²) in [4.78, 5) is 29.9. The van der Waals surface area contributed by atoms with E-state index in [-0.39, 0.29) is 0 Å². The van der Waals surface area contributed by atoms with Gasteiger partial charge in [0.2, 0.25) is 5.91 Å². The molecule has 146 valence electrons. The molecule has 1 fully saturated rings. The summed E-state index contributed by atoms with van der Waals surface area (Å²) in [5.41, 5.74) is 2.09. The number of pyridine rings is 1. The van der Waals surface area contributed by atoms with Gasteiger partial charge in [-0.05, 0) is 23.6 Å². The van der Waals surface area contributed by atoms with Crippen LogP contribution in [0.15, 0.2) is 30.5 Å². The second-order valence-electron chi connectivity index (χ2n) is 7.20. The Morgan fingerprint density at radius 3 is 2.82 bits per heavy atom. The predicted octanol–water partition coefficient (Wildman–Crippen LogP) is 2.85. The number of rotatable bonds is 4. The van der Waals surface area contributed by atoms with Crippen molar-refractivity contribution in [1.82, 2.24) is 15.2 Å². The first-order valence-electron chi connectivity index (χ1n) is 8.95. The van der Waals surface area contributed by atoms with Gasteiger partial charge in [0.1, 0.15) is 6.04 Å². The lowest BCUT2D eigenvalue weighted by atomic mass is 9.99. The zero-order valence-electron chi connectivity index (χ0n) is 15.6. The van der Waals surface area contributed by atoms with Crippen molar-refractivity contribution in [3.05, 3.63) is 41.6 Å². The summed E-state index contributed by atoms with van der Waals surface area (Å²) < 4.78 is 27.0. The van der Waals surface area contributed by atoms with Crippen molar-refractivity contribution in [2.24, 2.45) is 0 Å². The first-order valence-corrected chi connectivity index (χ1v) is 8.95. The Hall–Kier alpha value is -3.08. The Morgan fingerprint density at radius 1 is 1.39 bits per heavy atom. The molecule has 3 rings (SSSR count). The molecule has 8 heteroatoms. The normalized spacial score (nSPS) is 18.3. The molecule has 2 amide bonds. The van der Waals surface area contributed by atoms with Crippen molar-refractivity contribution in [2.45, 2.75) is 38.2 Å². The molecule has 2 heterocycles. The average molecular weight is 386 g/mol. The van der Waals surface area contributed by atoms with Gasteiger partial charge in [-0.15, -0.1) is 0 Å². The van der Waals surface area contributed by atoms with Gasteiger partial charge in [-0.3, -0.25) is 14.6 Å². The maximum absolute atomic E-state index is 13.5. The molecular formula is C20H20F2N4O2. The van der Waals surface area contributed by atoms with Crippen LogP contribution in [0, 0.1) is 11.3 Å². The van der Waals surface area contributed by atoms with Crippen molar-refractivity contribution in [1.29, 1.82) is 5.26 Å². The summed E-state index contributed by atoms with van der Waals surface area (Å²) in [6, 6.07) is 7.70. The summed E-state index contributed by atoms with van der Waals surface area (Å²) in [5, 5.41) is 12.1. The van der Waals surface area contributed by atoms with E-state index < -0.39 is 43.3 Å². The number of aromatic nitrogens is 1. The Morgan fingerprint density at radius 2 is 2.14 bits per heavy atom. The molecule has 1 aromatic heterocycles. The van der Waals surface area contributed by atoms with Crippen LogP contribution in [0.2, 0.25) is 0 Å². The van der Waals surface area contributed by atoms with E-state index in [0.29, 0.717) is 22.4 Å². The molecule has 1 N–H and O–H groups in total. The summed E-state index contributed by atoms with van der Waals surface area (Å²) in [5.74, 6) is -3.99. The third-order valence-electron chi connectivity index (χ3n) is 4.82. The highest BCUT2D eigenvalue weighted by atomic mass is 19.3. The number of hydrogen-bond acceptors (Lipinski definition) is 4. The molecule has 0 unspecified atom stereocenters. The highest BCUT2D eigenvalue weighted by Crippen LogP contribution is 2.31. The Balaban J connectivity index is 1.73. The quantitative estimate of drug-likeness (QED) is 0.876.